The third kappa shape index (κ3) is 2.26. The summed E-state index contributed by atoms with van der Waals surface area (Å²) in [7, 11) is 1.86. The molecule has 2 rings (SSSR count). The van der Waals surface area contributed by atoms with Gasteiger partial charge in [0, 0.05) is 18.3 Å². The standard InChI is InChI=1S/C12H14ClN3O2/c1-7(10-6-14-16(3)8(10)2)15-12(17)9-4-5-18-11(9)13/h4-7H,1-3H3,(H,15,17). The molecule has 0 bridgehead atoms. The first kappa shape index (κ1) is 12.7. The van der Waals surface area contributed by atoms with Crippen molar-refractivity contribution in [3.63, 3.8) is 0 Å². The van der Waals surface area contributed by atoms with Crippen LogP contribution in [0.25, 0.3) is 0 Å². The van der Waals surface area contributed by atoms with Crippen LogP contribution in [0.3, 0.4) is 0 Å². The number of furan rings is 1. The second-order valence-corrected chi connectivity index (χ2v) is 4.46. The summed E-state index contributed by atoms with van der Waals surface area (Å²) in [6, 6.07) is 1.40. The third-order valence-electron chi connectivity index (χ3n) is 2.95. The molecule has 0 fully saturated rings. The van der Waals surface area contributed by atoms with Crippen LogP contribution in [0, 0.1) is 6.92 Å². The van der Waals surface area contributed by atoms with Crippen molar-refractivity contribution in [2.75, 3.05) is 0 Å². The second kappa shape index (κ2) is 4.86. The molecular weight excluding hydrogens is 254 g/mol. The summed E-state index contributed by atoms with van der Waals surface area (Å²) in [5.41, 5.74) is 2.33. The van der Waals surface area contributed by atoms with Gasteiger partial charge >= 0.3 is 0 Å². The van der Waals surface area contributed by atoms with Gasteiger partial charge in [0.15, 0.2) is 0 Å². The van der Waals surface area contributed by atoms with Crippen LogP contribution in [0.4, 0.5) is 0 Å². The van der Waals surface area contributed by atoms with Crippen molar-refractivity contribution in [1.29, 1.82) is 0 Å². The zero-order valence-electron chi connectivity index (χ0n) is 10.4. The number of rotatable bonds is 3. The Kier molecular flexibility index (Phi) is 3.43. The summed E-state index contributed by atoms with van der Waals surface area (Å²) < 4.78 is 6.66. The highest BCUT2D eigenvalue weighted by molar-refractivity contribution is 6.32. The molecule has 0 saturated carbocycles. The normalized spacial score (nSPS) is 12.4. The lowest BCUT2D eigenvalue weighted by Crippen LogP contribution is -2.26. The van der Waals surface area contributed by atoms with Gasteiger partial charge in [-0.15, -0.1) is 0 Å². The maximum Gasteiger partial charge on any atom is 0.256 e. The van der Waals surface area contributed by atoms with Crippen LogP contribution in [0.5, 0.6) is 0 Å². The monoisotopic (exact) mass is 267 g/mol. The number of amides is 1. The van der Waals surface area contributed by atoms with Gasteiger partial charge in [0.1, 0.15) is 0 Å². The van der Waals surface area contributed by atoms with E-state index in [0.29, 0.717) is 5.56 Å². The Balaban J connectivity index is 2.13. The molecule has 96 valence electrons. The van der Waals surface area contributed by atoms with E-state index >= 15 is 0 Å². The Bertz CT molecular complexity index is 574. The summed E-state index contributed by atoms with van der Waals surface area (Å²) in [6.45, 7) is 3.85. The van der Waals surface area contributed by atoms with Crippen LogP contribution >= 0.6 is 11.6 Å². The molecule has 5 nitrogen and oxygen atoms in total. The minimum Gasteiger partial charge on any atom is -0.452 e. The first-order valence-electron chi connectivity index (χ1n) is 5.53. The number of carbonyl (C=O) groups excluding carboxylic acids is 1. The average molecular weight is 268 g/mol. The van der Waals surface area contributed by atoms with Crippen molar-refractivity contribution in [1.82, 2.24) is 15.1 Å². The predicted octanol–water partition coefficient (Wildman–Crippen LogP) is 2.47. The van der Waals surface area contributed by atoms with E-state index in [1.165, 1.54) is 6.26 Å². The largest absolute Gasteiger partial charge is 0.452 e. The SMILES string of the molecule is Cc1c(C(C)NC(=O)c2ccoc2Cl)cnn1C. The van der Waals surface area contributed by atoms with Gasteiger partial charge in [0.05, 0.1) is 24.1 Å². The Morgan fingerprint density at radius 1 is 1.61 bits per heavy atom. The molecule has 0 aromatic carbocycles. The highest BCUT2D eigenvalue weighted by Gasteiger charge is 2.18. The smallest absolute Gasteiger partial charge is 0.256 e. The van der Waals surface area contributed by atoms with E-state index < -0.39 is 0 Å². The molecule has 18 heavy (non-hydrogen) atoms. The first-order chi connectivity index (χ1) is 8.50. The Morgan fingerprint density at radius 2 is 2.33 bits per heavy atom. The number of aryl methyl sites for hydroxylation is 1. The number of hydrogen-bond donors (Lipinski definition) is 1. The summed E-state index contributed by atoms with van der Waals surface area (Å²) in [6.07, 6.45) is 3.13. The van der Waals surface area contributed by atoms with Crippen molar-refractivity contribution in [3.8, 4) is 0 Å². The van der Waals surface area contributed by atoms with E-state index in [9.17, 15) is 4.79 Å². The van der Waals surface area contributed by atoms with Crippen LogP contribution < -0.4 is 5.32 Å². The van der Waals surface area contributed by atoms with E-state index in [4.69, 9.17) is 16.0 Å². The molecule has 1 unspecified atom stereocenters. The van der Waals surface area contributed by atoms with Gasteiger partial charge in [-0.2, -0.15) is 5.10 Å². The molecule has 0 spiro atoms. The van der Waals surface area contributed by atoms with Gasteiger partial charge in [-0.25, -0.2) is 0 Å². The van der Waals surface area contributed by atoms with Crippen molar-refractivity contribution < 1.29 is 9.21 Å². The maximum atomic E-state index is 11.9. The van der Waals surface area contributed by atoms with Crippen LogP contribution in [0.2, 0.25) is 5.22 Å². The summed E-state index contributed by atoms with van der Waals surface area (Å²) in [5, 5.41) is 7.10. The van der Waals surface area contributed by atoms with Crippen LogP contribution in [0.15, 0.2) is 22.9 Å². The lowest BCUT2D eigenvalue weighted by Gasteiger charge is -2.13. The van der Waals surface area contributed by atoms with Crippen molar-refractivity contribution in [2.24, 2.45) is 7.05 Å². The number of halogens is 1. The Hall–Kier alpha value is -1.75. The summed E-state index contributed by atoms with van der Waals surface area (Å²) >= 11 is 5.76. The number of nitrogens with zero attached hydrogens (tertiary/aromatic N) is 2. The molecule has 1 amide bonds. The second-order valence-electron chi connectivity index (χ2n) is 4.11. The van der Waals surface area contributed by atoms with E-state index in [0.717, 1.165) is 11.3 Å². The fraction of sp³-hybridized carbons (Fsp3) is 0.333. The topological polar surface area (TPSA) is 60.1 Å². The highest BCUT2D eigenvalue weighted by atomic mass is 35.5. The molecule has 2 aromatic rings. The van der Waals surface area contributed by atoms with E-state index in [1.807, 2.05) is 20.9 Å². The predicted molar refractivity (Wildman–Crippen MR) is 67.5 cm³/mol. The minimum atomic E-state index is -0.260. The maximum absolute atomic E-state index is 11.9. The molecule has 1 atom stereocenters. The summed E-state index contributed by atoms with van der Waals surface area (Å²) in [4.78, 5) is 11.9. The third-order valence-corrected chi connectivity index (χ3v) is 3.24. The van der Waals surface area contributed by atoms with Gasteiger partial charge in [0.25, 0.3) is 5.91 Å². The van der Waals surface area contributed by atoms with E-state index in [2.05, 4.69) is 10.4 Å². The minimum absolute atomic E-state index is 0.0996. The molecule has 0 aliphatic heterocycles. The highest BCUT2D eigenvalue weighted by Crippen LogP contribution is 2.20. The van der Waals surface area contributed by atoms with Gasteiger partial charge in [0.2, 0.25) is 5.22 Å². The molecule has 0 aliphatic carbocycles. The molecule has 0 saturated heterocycles. The molecule has 1 N–H and O–H groups in total. The summed E-state index contributed by atoms with van der Waals surface area (Å²) in [5.74, 6) is -0.260. The van der Waals surface area contributed by atoms with E-state index in [-0.39, 0.29) is 17.2 Å². The Morgan fingerprint density at radius 3 is 2.83 bits per heavy atom. The molecule has 0 aliphatic rings. The number of nitrogens with one attached hydrogen (secondary N) is 1. The number of carbonyl (C=O) groups is 1. The quantitative estimate of drug-likeness (QED) is 0.929. The molecule has 6 heteroatoms. The average Bonchev–Trinajstić information content (AvgIpc) is 2.87. The number of hydrogen-bond acceptors (Lipinski definition) is 3. The fourth-order valence-corrected chi connectivity index (χ4v) is 1.95. The van der Waals surface area contributed by atoms with Gasteiger partial charge in [-0.1, -0.05) is 0 Å². The van der Waals surface area contributed by atoms with Crippen molar-refractivity contribution in [2.45, 2.75) is 19.9 Å². The fourth-order valence-electron chi connectivity index (χ4n) is 1.75. The van der Waals surface area contributed by atoms with Gasteiger partial charge in [-0.05, 0) is 31.5 Å². The van der Waals surface area contributed by atoms with E-state index in [1.54, 1.807) is 16.9 Å². The lowest BCUT2D eigenvalue weighted by atomic mass is 10.1. The molecular formula is C12H14ClN3O2. The molecule has 2 heterocycles. The van der Waals surface area contributed by atoms with Crippen molar-refractivity contribution >= 4 is 17.5 Å². The first-order valence-corrected chi connectivity index (χ1v) is 5.91. The van der Waals surface area contributed by atoms with Gasteiger partial charge in [-0.3, -0.25) is 9.48 Å². The van der Waals surface area contributed by atoms with Crippen LogP contribution in [-0.2, 0) is 7.05 Å². The lowest BCUT2D eigenvalue weighted by molar-refractivity contribution is 0.0939. The zero-order chi connectivity index (χ0) is 13.3. The van der Waals surface area contributed by atoms with Crippen LogP contribution in [-0.4, -0.2) is 15.7 Å². The zero-order valence-corrected chi connectivity index (χ0v) is 11.2. The molecule has 2 aromatic heterocycles. The number of aromatic nitrogens is 2. The Labute approximate surface area is 110 Å². The molecule has 0 radical (unpaired) electrons. The van der Waals surface area contributed by atoms with Gasteiger partial charge < -0.3 is 9.73 Å². The van der Waals surface area contributed by atoms with Crippen LogP contribution in [0.1, 0.15) is 34.6 Å². The van der Waals surface area contributed by atoms with Crippen molar-refractivity contribution in [3.05, 3.63) is 40.6 Å².